The van der Waals surface area contributed by atoms with Gasteiger partial charge in [-0.25, -0.2) is 0 Å². The Bertz CT molecular complexity index is 299. The molecule has 0 aliphatic carbocycles. The fourth-order valence-corrected chi connectivity index (χ4v) is 1.94. The minimum Gasteiger partial charge on any atom is -0.493 e. The van der Waals surface area contributed by atoms with Gasteiger partial charge in [-0.2, -0.15) is 0 Å². The van der Waals surface area contributed by atoms with Gasteiger partial charge in [-0.3, -0.25) is 0 Å². The number of benzene rings is 1. The second-order valence-corrected chi connectivity index (χ2v) is 3.94. The molecule has 0 saturated carbocycles. The maximum atomic E-state index is 5.54. The highest BCUT2D eigenvalue weighted by molar-refractivity contribution is 7.94. The Balaban J connectivity index is 2.24. The minimum absolute atomic E-state index is 0.841. The minimum atomic E-state index is 0.841. The molecule has 70 valence electrons. The summed E-state index contributed by atoms with van der Waals surface area (Å²) in [6.07, 6.45) is 2.26. The predicted octanol–water partition coefficient (Wildman–Crippen LogP) is 2.67. The molecule has 0 atom stereocenters. The molecule has 1 aliphatic heterocycles. The van der Waals surface area contributed by atoms with Gasteiger partial charge in [0.1, 0.15) is 5.75 Å². The summed E-state index contributed by atoms with van der Waals surface area (Å²) in [6.45, 7) is 0.841. The van der Waals surface area contributed by atoms with Gasteiger partial charge < -0.3 is 8.92 Å². The third-order valence-corrected chi connectivity index (χ3v) is 2.68. The summed E-state index contributed by atoms with van der Waals surface area (Å²) >= 11 is 1.37. The summed E-state index contributed by atoms with van der Waals surface area (Å²) < 4.78 is 10.5. The van der Waals surface area contributed by atoms with Crippen molar-refractivity contribution in [2.24, 2.45) is 0 Å². The Hall–Kier alpha value is -0.670. The third-order valence-electron chi connectivity index (χ3n) is 2.07. The molecule has 0 fully saturated rings. The first-order chi connectivity index (χ1) is 6.40. The van der Waals surface area contributed by atoms with E-state index >= 15 is 0 Å². The van der Waals surface area contributed by atoms with Crippen LogP contribution in [0, 0.1) is 0 Å². The van der Waals surface area contributed by atoms with Crippen LogP contribution in [-0.4, -0.2) is 13.7 Å². The normalized spacial score (nSPS) is 14.8. The number of hydrogen-bond donors (Lipinski definition) is 0. The molecule has 0 aromatic heterocycles. The monoisotopic (exact) mass is 196 g/mol. The van der Waals surface area contributed by atoms with Crippen LogP contribution in [0.25, 0.3) is 0 Å². The first-order valence-corrected chi connectivity index (χ1v) is 5.11. The fourth-order valence-electron chi connectivity index (χ4n) is 1.47. The third kappa shape index (κ3) is 1.98. The van der Waals surface area contributed by atoms with Crippen molar-refractivity contribution in [3.63, 3.8) is 0 Å². The van der Waals surface area contributed by atoms with Crippen LogP contribution in [0.1, 0.15) is 12.0 Å². The van der Waals surface area contributed by atoms with E-state index in [1.807, 2.05) is 6.07 Å². The summed E-state index contributed by atoms with van der Waals surface area (Å²) in [5.74, 6) is 1.02. The zero-order valence-corrected chi connectivity index (χ0v) is 8.39. The SMILES string of the molecule is COSc1ccc2c(c1)OCCC2. The first-order valence-electron chi connectivity index (χ1n) is 4.36. The highest BCUT2D eigenvalue weighted by atomic mass is 32.2. The van der Waals surface area contributed by atoms with Crippen LogP contribution in [0.15, 0.2) is 23.1 Å². The van der Waals surface area contributed by atoms with Crippen molar-refractivity contribution in [1.82, 2.24) is 0 Å². The Morgan fingerprint density at radius 1 is 1.46 bits per heavy atom. The Morgan fingerprint density at radius 3 is 3.23 bits per heavy atom. The first kappa shape index (κ1) is 8.91. The van der Waals surface area contributed by atoms with E-state index in [0.29, 0.717) is 0 Å². The van der Waals surface area contributed by atoms with E-state index in [2.05, 4.69) is 12.1 Å². The molecule has 0 radical (unpaired) electrons. The van der Waals surface area contributed by atoms with Gasteiger partial charge >= 0.3 is 0 Å². The van der Waals surface area contributed by atoms with Crippen molar-refractivity contribution in [3.05, 3.63) is 23.8 Å². The lowest BCUT2D eigenvalue weighted by atomic mass is 10.1. The van der Waals surface area contributed by atoms with Crippen LogP contribution in [0.2, 0.25) is 0 Å². The maximum absolute atomic E-state index is 5.54. The van der Waals surface area contributed by atoms with Crippen molar-refractivity contribution in [2.45, 2.75) is 17.7 Å². The molecule has 13 heavy (non-hydrogen) atoms. The molecule has 0 N–H and O–H groups in total. The van der Waals surface area contributed by atoms with Gasteiger partial charge in [-0.1, -0.05) is 6.07 Å². The Labute approximate surface area is 82.4 Å². The van der Waals surface area contributed by atoms with Gasteiger partial charge in [-0.15, -0.1) is 0 Å². The lowest BCUT2D eigenvalue weighted by molar-refractivity contribution is 0.287. The summed E-state index contributed by atoms with van der Waals surface area (Å²) in [5, 5.41) is 0. The van der Waals surface area contributed by atoms with E-state index in [1.165, 1.54) is 17.6 Å². The zero-order chi connectivity index (χ0) is 9.10. The van der Waals surface area contributed by atoms with Crippen LogP contribution >= 0.6 is 12.0 Å². The van der Waals surface area contributed by atoms with Crippen LogP contribution in [0.5, 0.6) is 5.75 Å². The van der Waals surface area contributed by atoms with Crippen LogP contribution in [0.3, 0.4) is 0 Å². The molecule has 0 amide bonds. The number of ether oxygens (including phenoxy) is 1. The molecule has 2 nitrogen and oxygen atoms in total. The van der Waals surface area contributed by atoms with Gasteiger partial charge in [-0.05, 0) is 30.5 Å². The van der Waals surface area contributed by atoms with Crippen LogP contribution in [0.4, 0.5) is 0 Å². The van der Waals surface area contributed by atoms with Crippen molar-refractivity contribution >= 4 is 12.0 Å². The topological polar surface area (TPSA) is 18.5 Å². The lowest BCUT2D eigenvalue weighted by Crippen LogP contribution is -2.07. The van der Waals surface area contributed by atoms with Crippen molar-refractivity contribution in [3.8, 4) is 5.75 Å². The van der Waals surface area contributed by atoms with E-state index in [-0.39, 0.29) is 0 Å². The molecule has 1 aromatic carbocycles. The molecule has 0 unspecified atom stereocenters. The van der Waals surface area contributed by atoms with E-state index in [4.69, 9.17) is 8.92 Å². The predicted molar refractivity (Wildman–Crippen MR) is 53.1 cm³/mol. The molecule has 0 bridgehead atoms. The molecule has 3 heteroatoms. The largest absolute Gasteiger partial charge is 0.493 e. The van der Waals surface area contributed by atoms with Crippen molar-refractivity contribution in [2.75, 3.05) is 13.7 Å². The molecule has 1 heterocycles. The fraction of sp³-hybridized carbons (Fsp3) is 0.400. The Morgan fingerprint density at radius 2 is 2.38 bits per heavy atom. The summed E-state index contributed by atoms with van der Waals surface area (Å²) in [6, 6.07) is 6.24. The Kier molecular flexibility index (Phi) is 2.76. The van der Waals surface area contributed by atoms with Crippen LogP contribution in [-0.2, 0) is 10.6 Å². The molecular weight excluding hydrogens is 184 g/mol. The molecular formula is C10H12O2S. The van der Waals surface area contributed by atoms with Gasteiger partial charge in [0.2, 0.25) is 0 Å². The highest BCUT2D eigenvalue weighted by Gasteiger charge is 2.10. The van der Waals surface area contributed by atoms with E-state index in [9.17, 15) is 0 Å². The second-order valence-electron chi connectivity index (χ2n) is 2.97. The average Bonchev–Trinajstić information content (AvgIpc) is 2.18. The van der Waals surface area contributed by atoms with Gasteiger partial charge in [0.15, 0.2) is 0 Å². The number of aryl methyl sites for hydroxylation is 1. The molecule has 0 saturated heterocycles. The molecule has 0 spiro atoms. The maximum Gasteiger partial charge on any atom is 0.123 e. The standard InChI is InChI=1S/C10H12O2S/c1-11-13-9-5-4-8-3-2-6-12-10(8)7-9/h4-5,7H,2-3,6H2,1H3. The quantitative estimate of drug-likeness (QED) is 0.677. The number of hydrogen-bond acceptors (Lipinski definition) is 3. The summed E-state index contributed by atoms with van der Waals surface area (Å²) in [7, 11) is 1.67. The molecule has 2 rings (SSSR count). The number of rotatable bonds is 2. The van der Waals surface area contributed by atoms with E-state index in [0.717, 1.165) is 30.1 Å². The zero-order valence-electron chi connectivity index (χ0n) is 7.58. The highest BCUT2D eigenvalue weighted by Crippen LogP contribution is 2.29. The van der Waals surface area contributed by atoms with Crippen molar-refractivity contribution in [1.29, 1.82) is 0 Å². The smallest absolute Gasteiger partial charge is 0.123 e. The van der Waals surface area contributed by atoms with Gasteiger partial charge in [0.25, 0.3) is 0 Å². The van der Waals surface area contributed by atoms with Crippen molar-refractivity contribution < 1.29 is 8.92 Å². The molecule has 1 aromatic rings. The van der Waals surface area contributed by atoms with E-state index in [1.54, 1.807) is 7.11 Å². The average molecular weight is 196 g/mol. The lowest BCUT2D eigenvalue weighted by Gasteiger charge is -2.17. The van der Waals surface area contributed by atoms with E-state index < -0.39 is 0 Å². The number of fused-ring (bicyclic) bond motifs is 1. The molecule has 1 aliphatic rings. The van der Waals surface area contributed by atoms with Crippen LogP contribution < -0.4 is 4.74 Å². The summed E-state index contributed by atoms with van der Waals surface area (Å²) in [4.78, 5) is 1.10. The second kappa shape index (κ2) is 4.03. The van der Waals surface area contributed by atoms with Gasteiger partial charge in [0, 0.05) is 16.9 Å². The summed E-state index contributed by atoms with van der Waals surface area (Å²) in [5.41, 5.74) is 1.31. The van der Waals surface area contributed by atoms with Gasteiger partial charge in [0.05, 0.1) is 13.7 Å².